The van der Waals surface area contributed by atoms with Gasteiger partial charge in [0.1, 0.15) is 0 Å². The molecule has 1 heteroatoms. The molecule has 0 heterocycles. The number of hydrogen-bond acceptors (Lipinski definition) is 0. The van der Waals surface area contributed by atoms with Crippen molar-refractivity contribution in [2.24, 2.45) is 0 Å². The van der Waals surface area contributed by atoms with Gasteiger partial charge in [-0.05, 0) is 12.5 Å². The third kappa shape index (κ3) is 2.94. The molecule has 0 spiro atoms. The highest BCUT2D eigenvalue weighted by molar-refractivity contribution is 6.59. The average molecular weight is 224 g/mol. The van der Waals surface area contributed by atoms with Crippen molar-refractivity contribution >= 4 is 20.8 Å². The minimum absolute atomic E-state index is 0.265. The van der Waals surface area contributed by atoms with Crippen molar-refractivity contribution in [1.82, 2.24) is 0 Å². The SMILES string of the molecule is Cc1ccccc1[SiH2]C=Cc1ccccc1. The Bertz CT molecular complexity index is 472. The Labute approximate surface area is 99.5 Å². The van der Waals surface area contributed by atoms with Crippen LogP contribution in [-0.4, -0.2) is 9.52 Å². The predicted octanol–water partition coefficient (Wildman–Crippen LogP) is 2.46. The highest BCUT2D eigenvalue weighted by Crippen LogP contribution is 2.00. The first-order chi connectivity index (χ1) is 7.86. The highest BCUT2D eigenvalue weighted by atomic mass is 28.2. The maximum atomic E-state index is 2.36. The second kappa shape index (κ2) is 5.47. The predicted molar refractivity (Wildman–Crippen MR) is 74.8 cm³/mol. The smallest absolute Gasteiger partial charge is 0.0787 e. The van der Waals surface area contributed by atoms with Gasteiger partial charge >= 0.3 is 0 Å². The zero-order chi connectivity index (χ0) is 11.2. The molecule has 0 nitrogen and oxygen atoms in total. The van der Waals surface area contributed by atoms with Crippen molar-refractivity contribution < 1.29 is 0 Å². The van der Waals surface area contributed by atoms with Gasteiger partial charge in [0.25, 0.3) is 0 Å². The summed E-state index contributed by atoms with van der Waals surface area (Å²) in [4.78, 5) is 0. The van der Waals surface area contributed by atoms with Crippen molar-refractivity contribution in [2.75, 3.05) is 0 Å². The largest absolute Gasteiger partial charge is 0.0955 e. The summed E-state index contributed by atoms with van der Waals surface area (Å²) >= 11 is 0. The Kier molecular flexibility index (Phi) is 3.73. The van der Waals surface area contributed by atoms with Crippen LogP contribution in [0.3, 0.4) is 0 Å². The van der Waals surface area contributed by atoms with Crippen LogP contribution in [0, 0.1) is 6.92 Å². The number of benzene rings is 2. The Morgan fingerprint density at radius 1 is 0.875 bits per heavy atom. The van der Waals surface area contributed by atoms with E-state index in [2.05, 4.69) is 73.3 Å². The molecule has 0 saturated heterocycles. The first-order valence-electron chi connectivity index (χ1n) is 5.62. The first kappa shape index (κ1) is 10.9. The fourth-order valence-electron chi connectivity index (χ4n) is 1.73. The van der Waals surface area contributed by atoms with Crippen molar-refractivity contribution in [3.05, 3.63) is 71.4 Å². The summed E-state index contributed by atoms with van der Waals surface area (Å²) in [7, 11) is -0.265. The summed E-state index contributed by atoms with van der Waals surface area (Å²) in [6, 6.07) is 19.2. The maximum absolute atomic E-state index is 2.36. The second-order valence-electron chi connectivity index (χ2n) is 3.94. The molecular formula is C15H16Si. The topological polar surface area (TPSA) is 0 Å². The monoisotopic (exact) mass is 224 g/mol. The summed E-state index contributed by atoms with van der Waals surface area (Å²) in [6.45, 7) is 2.19. The zero-order valence-electron chi connectivity index (χ0n) is 9.56. The average Bonchev–Trinajstić information content (AvgIpc) is 2.33. The van der Waals surface area contributed by atoms with Crippen molar-refractivity contribution in [1.29, 1.82) is 0 Å². The number of rotatable bonds is 3. The van der Waals surface area contributed by atoms with Gasteiger partial charge < -0.3 is 0 Å². The molecule has 2 rings (SSSR count). The Hall–Kier alpha value is -1.60. The van der Waals surface area contributed by atoms with Gasteiger partial charge in [-0.25, -0.2) is 0 Å². The van der Waals surface area contributed by atoms with E-state index in [9.17, 15) is 0 Å². The minimum atomic E-state index is -0.265. The van der Waals surface area contributed by atoms with Crippen LogP contribution in [0.5, 0.6) is 0 Å². The third-order valence-corrected chi connectivity index (χ3v) is 4.41. The van der Waals surface area contributed by atoms with Crippen LogP contribution in [0.4, 0.5) is 0 Å². The Balaban J connectivity index is 2.03. The van der Waals surface area contributed by atoms with E-state index in [1.807, 2.05) is 0 Å². The molecule has 0 aromatic heterocycles. The molecule has 2 aromatic rings. The lowest BCUT2D eigenvalue weighted by Gasteiger charge is -2.00. The molecule has 16 heavy (non-hydrogen) atoms. The molecule has 0 aliphatic carbocycles. The number of aryl methyl sites for hydroxylation is 1. The summed E-state index contributed by atoms with van der Waals surface area (Å²) in [6.07, 6.45) is 2.23. The lowest BCUT2D eigenvalue weighted by Crippen LogP contribution is -2.14. The van der Waals surface area contributed by atoms with Crippen molar-refractivity contribution in [3.63, 3.8) is 0 Å². The van der Waals surface area contributed by atoms with Gasteiger partial charge in [0.15, 0.2) is 0 Å². The summed E-state index contributed by atoms with van der Waals surface area (Å²) in [5.41, 5.74) is 5.08. The quantitative estimate of drug-likeness (QED) is 0.703. The van der Waals surface area contributed by atoms with Crippen LogP contribution in [0.2, 0.25) is 0 Å². The molecular weight excluding hydrogens is 208 g/mol. The van der Waals surface area contributed by atoms with Crippen LogP contribution in [-0.2, 0) is 0 Å². The molecule has 0 unspecified atom stereocenters. The van der Waals surface area contributed by atoms with E-state index in [1.165, 1.54) is 16.3 Å². The van der Waals surface area contributed by atoms with Gasteiger partial charge in [-0.1, -0.05) is 77.1 Å². The molecule has 0 saturated carbocycles. The normalized spacial score (nSPS) is 11.6. The maximum Gasteiger partial charge on any atom is 0.0787 e. The van der Waals surface area contributed by atoms with Crippen LogP contribution < -0.4 is 5.19 Å². The molecule has 2 aromatic carbocycles. The van der Waals surface area contributed by atoms with E-state index in [4.69, 9.17) is 0 Å². The van der Waals surface area contributed by atoms with E-state index in [1.54, 1.807) is 0 Å². The fraction of sp³-hybridized carbons (Fsp3) is 0.0667. The zero-order valence-corrected chi connectivity index (χ0v) is 11.0. The van der Waals surface area contributed by atoms with E-state index < -0.39 is 0 Å². The lowest BCUT2D eigenvalue weighted by molar-refractivity contribution is 1.52. The molecule has 0 radical (unpaired) electrons. The lowest BCUT2D eigenvalue weighted by atomic mass is 10.2. The van der Waals surface area contributed by atoms with Crippen molar-refractivity contribution in [2.45, 2.75) is 6.92 Å². The van der Waals surface area contributed by atoms with Crippen LogP contribution in [0.1, 0.15) is 11.1 Å². The summed E-state index contributed by atoms with van der Waals surface area (Å²) in [5, 5.41) is 1.54. The minimum Gasteiger partial charge on any atom is -0.0955 e. The van der Waals surface area contributed by atoms with Gasteiger partial charge in [0.2, 0.25) is 0 Å². The number of hydrogen-bond donors (Lipinski definition) is 0. The van der Waals surface area contributed by atoms with Gasteiger partial charge in [0, 0.05) is 0 Å². The molecule has 0 atom stereocenters. The molecule has 0 amide bonds. The fourth-order valence-corrected chi connectivity index (χ4v) is 3.08. The third-order valence-electron chi connectivity index (χ3n) is 2.71. The van der Waals surface area contributed by atoms with Crippen LogP contribution in [0.25, 0.3) is 6.08 Å². The van der Waals surface area contributed by atoms with Gasteiger partial charge in [-0.3, -0.25) is 0 Å². The molecule has 0 bridgehead atoms. The van der Waals surface area contributed by atoms with Gasteiger partial charge in [0.05, 0.1) is 9.52 Å². The van der Waals surface area contributed by atoms with E-state index in [-0.39, 0.29) is 9.52 Å². The van der Waals surface area contributed by atoms with Gasteiger partial charge in [-0.2, -0.15) is 0 Å². The van der Waals surface area contributed by atoms with Crippen LogP contribution in [0.15, 0.2) is 60.3 Å². The van der Waals surface area contributed by atoms with E-state index in [0.717, 1.165) is 0 Å². The van der Waals surface area contributed by atoms with Gasteiger partial charge in [-0.15, -0.1) is 0 Å². The van der Waals surface area contributed by atoms with E-state index in [0.29, 0.717) is 0 Å². The molecule has 80 valence electrons. The molecule has 0 aliphatic rings. The Morgan fingerprint density at radius 2 is 1.56 bits per heavy atom. The first-order valence-corrected chi connectivity index (χ1v) is 7.15. The van der Waals surface area contributed by atoms with E-state index >= 15 is 0 Å². The van der Waals surface area contributed by atoms with Crippen molar-refractivity contribution in [3.8, 4) is 0 Å². The highest BCUT2D eigenvalue weighted by Gasteiger charge is 1.93. The van der Waals surface area contributed by atoms with Crippen LogP contribution >= 0.6 is 0 Å². The molecule has 0 fully saturated rings. The second-order valence-corrected chi connectivity index (χ2v) is 5.59. The standard InChI is InChI=1S/C15H16Si/c1-13-7-5-6-10-15(13)16-12-11-14-8-3-2-4-9-14/h2-12H,16H2,1H3. The molecule has 0 N–H and O–H groups in total. The summed E-state index contributed by atoms with van der Waals surface area (Å²) in [5.74, 6) is 0. The summed E-state index contributed by atoms with van der Waals surface area (Å²) < 4.78 is 0. The molecule has 0 aliphatic heterocycles. The Morgan fingerprint density at radius 3 is 2.31 bits per heavy atom.